The molecule has 0 aliphatic rings. The fraction of sp³-hybridized carbons (Fsp3) is 0.261. The Kier molecular flexibility index (Phi) is 9.15. The lowest BCUT2D eigenvalue weighted by atomic mass is 10.1. The van der Waals surface area contributed by atoms with Gasteiger partial charge in [0.25, 0.3) is 5.91 Å². The molecule has 0 aromatic heterocycles. The third-order valence-electron chi connectivity index (χ3n) is 3.88. The molecule has 0 radical (unpaired) electrons. The molecule has 1 atom stereocenters. The van der Waals surface area contributed by atoms with E-state index in [4.69, 9.17) is 31.8 Å². The van der Waals surface area contributed by atoms with E-state index < -0.39 is 23.6 Å². The van der Waals surface area contributed by atoms with E-state index in [1.165, 1.54) is 7.11 Å². The van der Waals surface area contributed by atoms with E-state index in [2.05, 4.69) is 17.2 Å². The molecule has 0 heterocycles. The Morgan fingerprint density at radius 1 is 1.03 bits per heavy atom. The van der Waals surface area contributed by atoms with Crippen molar-refractivity contribution in [2.75, 3.05) is 33.5 Å². The van der Waals surface area contributed by atoms with Crippen LogP contribution < -0.4 is 19.5 Å². The fourth-order valence-corrected chi connectivity index (χ4v) is 2.59. The maximum atomic E-state index is 13.5. The van der Waals surface area contributed by atoms with E-state index in [-0.39, 0.29) is 31.9 Å². The molecule has 2 aromatic rings. The summed E-state index contributed by atoms with van der Waals surface area (Å²) in [6.07, 6.45) is 9.06. The SMILES string of the molecule is C#CCOc1ccc(OCCNC(=O)C(OCC#C)c2cc(F)cc(F)c2)cc1OC. The average molecular weight is 429 g/mol. The Bertz CT molecular complexity index is 961. The minimum Gasteiger partial charge on any atom is -0.493 e. The number of hydrogen-bond acceptors (Lipinski definition) is 5. The summed E-state index contributed by atoms with van der Waals surface area (Å²) in [5, 5.41) is 2.59. The number of amides is 1. The van der Waals surface area contributed by atoms with Crippen LogP contribution in [0.15, 0.2) is 36.4 Å². The smallest absolute Gasteiger partial charge is 0.253 e. The van der Waals surface area contributed by atoms with Gasteiger partial charge in [0, 0.05) is 12.1 Å². The van der Waals surface area contributed by atoms with Crippen molar-refractivity contribution in [2.45, 2.75) is 6.10 Å². The first-order chi connectivity index (χ1) is 15.0. The quantitative estimate of drug-likeness (QED) is 0.440. The van der Waals surface area contributed by atoms with Gasteiger partial charge in [-0.2, -0.15) is 0 Å². The van der Waals surface area contributed by atoms with Gasteiger partial charge < -0.3 is 24.3 Å². The van der Waals surface area contributed by atoms with Gasteiger partial charge in [-0.05, 0) is 29.8 Å². The van der Waals surface area contributed by atoms with Gasteiger partial charge in [0.1, 0.15) is 37.2 Å². The predicted octanol–water partition coefficient (Wildman–Crippen LogP) is 2.87. The summed E-state index contributed by atoms with van der Waals surface area (Å²) in [6, 6.07) is 7.64. The zero-order chi connectivity index (χ0) is 22.6. The van der Waals surface area contributed by atoms with Crippen LogP contribution in [0.5, 0.6) is 17.2 Å². The molecule has 1 unspecified atom stereocenters. The second-order valence-corrected chi connectivity index (χ2v) is 6.04. The minimum atomic E-state index is -1.27. The van der Waals surface area contributed by atoms with Crippen LogP contribution >= 0.6 is 0 Å². The van der Waals surface area contributed by atoms with E-state index in [1.54, 1.807) is 18.2 Å². The van der Waals surface area contributed by atoms with Gasteiger partial charge in [0.05, 0.1) is 13.7 Å². The Labute approximate surface area is 179 Å². The first kappa shape index (κ1) is 23.5. The molecule has 1 N–H and O–H groups in total. The molecule has 0 fully saturated rings. The molecule has 0 spiro atoms. The normalized spacial score (nSPS) is 11.0. The number of carbonyl (C=O) groups is 1. The highest BCUT2D eigenvalue weighted by Gasteiger charge is 2.22. The van der Waals surface area contributed by atoms with Crippen molar-refractivity contribution in [3.8, 4) is 41.9 Å². The molecule has 1 amide bonds. The van der Waals surface area contributed by atoms with Crippen LogP contribution in [0.3, 0.4) is 0 Å². The lowest BCUT2D eigenvalue weighted by Crippen LogP contribution is -2.34. The molecule has 162 valence electrons. The second kappa shape index (κ2) is 12.1. The highest BCUT2D eigenvalue weighted by atomic mass is 19.1. The molecule has 0 bridgehead atoms. The summed E-state index contributed by atoms with van der Waals surface area (Å²) in [5.74, 6) is 3.70. The van der Waals surface area contributed by atoms with Gasteiger partial charge in [-0.15, -0.1) is 12.8 Å². The maximum Gasteiger partial charge on any atom is 0.253 e. The van der Waals surface area contributed by atoms with Crippen LogP contribution in [0.4, 0.5) is 8.78 Å². The van der Waals surface area contributed by atoms with E-state index in [9.17, 15) is 13.6 Å². The third kappa shape index (κ3) is 7.22. The molecule has 0 saturated heterocycles. The Morgan fingerprint density at radius 2 is 1.74 bits per heavy atom. The third-order valence-corrected chi connectivity index (χ3v) is 3.88. The molecule has 0 aliphatic heterocycles. The van der Waals surface area contributed by atoms with E-state index in [0.29, 0.717) is 23.3 Å². The standard InChI is InChI=1S/C23H21F2NO5/c1-4-9-30-20-7-6-19(15-21(20)28-3)29-11-8-26-23(27)22(31-10-5-2)16-12-17(24)14-18(25)13-16/h1-2,6-7,12-15,22H,8-11H2,3H3,(H,26,27). The second-order valence-electron chi connectivity index (χ2n) is 6.04. The number of benzene rings is 2. The summed E-state index contributed by atoms with van der Waals surface area (Å²) < 4.78 is 48.5. The summed E-state index contributed by atoms with van der Waals surface area (Å²) in [4.78, 5) is 12.5. The molecular weight excluding hydrogens is 408 g/mol. The topological polar surface area (TPSA) is 66.0 Å². The Morgan fingerprint density at radius 3 is 2.39 bits per heavy atom. The van der Waals surface area contributed by atoms with Crippen LogP contribution in [0.1, 0.15) is 11.7 Å². The number of halogens is 2. The summed E-state index contributed by atoms with van der Waals surface area (Å²) in [5.41, 5.74) is 0.0125. The molecule has 31 heavy (non-hydrogen) atoms. The van der Waals surface area contributed by atoms with Gasteiger partial charge in [-0.3, -0.25) is 4.79 Å². The molecular formula is C23H21F2NO5. The number of rotatable bonds is 11. The predicted molar refractivity (Wildman–Crippen MR) is 110 cm³/mol. The first-order valence-corrected chi connectivity index (χ1v) is 9.14. The van der Waals surface area contributed by atoms with Crippen LogP contribution in [0.2, 0.25) is 0 Å². The first-order valence-electron chi connectivity index (χ1n) is 9.14. The highest BCUT2D eigenvalue weighted by molar-refractivity contribution is 5.82. The van der Waals surface area contributed by atoms with Crippen LogP contribution in [0, 0.1) is 36.3 Å². The minimum absolute atomic E-state index is 0.0125. The van der Waals surface area contributed by atoms with Crippen LogP contribution in [-0.2, 0) is 9.53 Å². The van der Waals surface area contributed by atoms with Gasteiger partial charge >= 0.3 is 0 Å². The average Bonchev–Trinajstić information content (AvgIpc) is 2.75. The molecule has 2 aromatic carbocycles. The van der Waals surface area contributed by atoms with Gasteiger partial charge in [0.2, 0.25) is 0 Å². The molecule has 0 saturated carbocycles. The number of methoxy groups -OCH3 is 1. The highest BCUT2D eigenvalue weighted by Crippen LogP contribution is 2.31. The van der Waals surface area contributed by atoms with Crippen molar-refractivity contribution >= 4 is 5.91 Å². The van der Waals surface area contributed by atoms with Crippen molar-refractivity contribution in [3.63, 3.8) is 0 Å². The number of ether oxygens (including phenoxy) is 4. The Hall–Kier alpha value is -3.75. The van der Waals surface area contributed by atoms with Gasteiger partial charge in [-0.1, -0.05) is 11.8 Å². The van der Waals surface area contributed by atoms with Crippen molar-refractivity contribution in [3.05, 3.63) is 53.6 Å². The van der Waals surface area contributed by atoms with E-state index in [1.807, 2.05) is 0 Å². The number of nitrogens with one attached hydrogen (secondary N) is 1. The van der Waals surface area contributed by atoms with Crippen LogP contribution in [-0.4, -0.2) is 39.4 Å². The number of hydrogen-bond donors (Lipinski definition) is 1. The molecule has 6 nitrogen and oxygen atoms in total. The molecule has 0 aliphatic carbocycles. The van der Waals surface area contributed by atoms with Crippen molar-refractivity contribution in [1.82, 2.24) is 5.32 Å². The summed E-state index contributed by atoms with van der Waals surface area (Å²) >= 11 is 0. The fourth-order valence-electron chi connectivity index (χ4n) is 2.59. The van der Waals surface area contributed by atoms with Crippen molar-refractivity contribution in [1.29, 1.82) is 0 Å². The van der Waals surface area contributed by atoms with Crippen molar-refractivity contribution in [2.24, 2.45) is 0 Å². The zero-order valence-corrected chi connectivity index (χ0v) is 16.8. The van der Waals surface area contributed by atoms with Crippen molar-refractivity contribution < 1.29 is 32.5 Å². The Balaban J connectivity index is 1.94. The number of terminal acetylenes is 2. The molecule has 8 heteroatoms. The number of carbonyl (C=O) groups excluding carboxylic acids is 1. The summed E-state index contributed by atoms with van der Waals surface area (Å²) in [6.45, 7) is 0.102. The summed E-state index contributed by atoms with van der Waals surface area (Å²) in [7, 11) is 1.48. The zero-order valence-electron chi connectivity index (χ0n) is 16.8. The maximum absolute atomic E-state index is 13.5. The lowest BCUT2D eigenvalue weighted by molar-refractivity contribution is -0.132. The van der Waals surface area contributed by atoms with Gasteiger partial charge in [-0.25, -0.2) is 8.78 Å². The van der Waals surface area contributed by atoms with E-state index in [0.717, 1.165) is 12.1 Å². The molecule has 2 rings (SSSR count). The largest absolute Gasteiger partial charge is 0.493 e. The van der Waals surface area contributed by atoms with E-state index >= 15 is 0 Å². The van der Waals surface area contributed by atoms with Gasteiger partial charge in [0.15, 0.2) is 17.6 Å². The lowest BCUT2D eigenvalue weighted by Gasteiger charge is -2.17. The van der Waals surface area contributed by atoms with Crippen LogP contribution in [0.25, 0.3) is 0 Å². The monoisotopic (exact) mass is 429 g/mol.